The van der Waals surface area contributed by atoms with Crippen LogP contribution in [0.15, 0.2) is 33.4 Å². The lowest BCUT2D eigenvalue weighted by Crippen LogP contribution is -2.24. The molecule has 2 aromatic rings. The van der Waals surface area contributed by atoms with Crippen LogP contribution in [0.25, 0.3) is 0 Å². The topological polar surface area (TPSA) is 68.4 Å². The molecule has 2 aromatic heterocycles. The number of aromatic nitrogens is 1. The van der Waals surface area contributed by atoms with Gasteiger partial charge in [-0.1, -0.05) is 5.16 Å². The van der Waals surface area contributed by atoms with Gasteiger partial charge >= 0.3 is 0 Å². The van der Waals surface area contributed by atoms with E-state index >= 15 is 0 Å². The molecule has 5 heteroatoms. The Morgan fingerprint density at radius 1 is 1.33 bits per heavy atom. The minimum absolute atomic E-state index is 0.422. The van der Waals surface area contributed by atoms with Gasteiger partial charge in [-0.3, -0.25) is 4.90 Å². The van der Waals surface area contributed by atoms with Gasteiger partial charge < -0.3 is 14.7 Å². The first-order chi connectivity index (χ1) is 8.85. The normalized spacial score (nSPS) is 15.4. The average molecular weight is 247 g/mol. The van der Waals surface area contributed by atoms with Crippen molar-refractivity contribution in [2.45, 2.75) is 38.5 Å². The summed E-state index contributed by atoms with van der Waals surface area (Å²) in [6, 6.07) is 6.49. The van der Waals surface area contributed by atoms with E-state index in [9.17, 15) is 0 Å². The second-order valence-electron chi connectivity index (χ2n) is 4.70. The van der Waals surface area contributed by atoms with E-state index in [-0.39, 0.29) is 0 Å². The zero-order valence-corrected chi connectivity index (χ0v) is 10.2. The molecule has 5 nitrogen and oxygen atoms in total. The third-order valence-electron chi connectivity index (χ3n) is 3.18. The molecule has 0 aromatic carbocycles. The van der Waals surface area contributed by atoms with Gasteiger partial charge in [0, 0.05) is 18.7 Å². The lowest BCUT2D eigenvalue weighted by atomic mass is 10.3. The van der Waals surface area contributed by atoms with Gasteiger partial charge in [-0.25, -0.2) is 0 Å². The summed E-state index contributed by atoms with van der Waals surface area (Å²) in [6.07, 6.45) is 4.21. The number of rotatable bonds is 6. The van der Waals surface area contributed by atoms with Crippen molar-refractivity contribution >= 4 is 0 Å². The van der Waals surface area contributed by atoms with E-state index in [2.05, 4.69) is 10.1 Å². The first-order valence-corrected chi connectivity index (χ1v) is 6.26. The molecule has 1 aliphatic carbocycles. The monoisotopic (exact) mass is 247 g/mol. The van der Waals surface area contributed by atoms with Crippen molar-refractivity contribution in [2.75, 3.05) is 0 Å². The van der Waals surface area contributed by atoms with Gasteiger partial charge in [0.05, 0.1) is 25.0 Å². The van der Waals surface area contributed by atoms with Gasteiger partial charge in [-0.2, -0.15) is 0 Å². The molecule has 0 unspecified atom stereocenters. The first kappa shape index (κ1) is 11.5. The maximum absolute atomic E-state index is 5.52. The molecule has 0 radical (unpaired) electrons. The van der Waals surface area contributed by atoms with Crippen LogP contribution in [-0.4, -0.2) is 16.1 Å². The second kappa shape index (κ2) is 4.96. The summed E-state index contributed by atoms with van der Waals surface area (Å²) in [6.45, 7) is 2.00. The molecular weight excluding hydrogens is 230 g/mol. The van der Waals surface area contributed by atoms with Gasteiger partial charge in [-0.05, 0) is 25.0 Å². The average Bonchev–Trinajstić information content (AvgIpc) is 2.92. The van der Waals surface area contributed by atoms with Gasteiger partial charge in [-0.15, -0.1) is 0 Å². The fraction of sp³-hybridized carbons (Fsp3) is 0.462. The molecule has 1 fully saturated rings. The van der Waals surface area contributed by atoms with E-state index in [1.807, 2.05) is 18.2 Å². The molecule has 1 saturated carbocycles. The van der Waals surface area contributed by atoms with Crippen molar-refractivity contribution in [3.63, 3.8) is 0 Å². The van der Waals surface area contributed by atoms with Crippen LogP contribution in [0, 0.1) is 0 Å². The van der Waals surface area contributed by atoms with Crippen molar-refractivity contribution in [3.05, 3.63) is 41.7 Å². The zero-order chi connectivity index (χ0) is 12.4. The van der Waals surface area contributed by atoms with E-state index in [0.29, 0.717) is 12.6 Å². The molecule has 0 aliphatic heterocycles. The van der Waals surface area contributed by atoms with Crippen LogP contribution in [0.5, 0.6) is 0 Å². The Hall–Kier alpha value is -1.59. The minimum Gasteiger partial charge on any atom is -0.468 e. The molecular formula is C13H17N3O2. The highest BCUT2D eigenvalue weighted by molar-refractivity contribution is 5.06. The number of nitrogens with zero attached hydrogens (tertiary/aromatic N) is 2. The Balaban J connectivity index is 1.66. The summed E-state index contributed by atoms with van der Waals surface area (Å²) in [7, 11) is 0. The van der Waals surface area contributed by atoms with E-state index in [4.69, 9.17) is 14.7 Å². The molecule has 2 N–H and O–H groups in total. The summed E-state index contributed by atoms with van der Waals surface area (Å²) in [5.41, 5.74) is 6.33. The molecule has 0 amide bonds. The SMILES string of the molecule is NCc1cc(CN(Cc2ccco2)C2CC2)on1. The Kier molecular flexibility index (Phi) is 3.17. The molecule has 0 saturated heterocycles. The van der Waals surface area contributed by atoms with Crippen LogP contribution >= 0.6 is 0 Å². The van der Waals surface area contributed by atoms with Gasteiger partial charge in [0.1, 0.15) is 5.76 Å². The molecule has 18 heavy (non-hydrogen) atoms. The van der Waals surface area contributed by atoms with Crippen LogP contribution in [0.3, 0.4) is 0 Å². The van der Waals surface area contributed by atoms with Gasteiger partial charge in [0.15, 0.2) is 5.76 Å². The molecule has 1 aliphatic rings. The quantitative estimate of drug-likeness (QED) is 0.844. The Bertz CT molecular complexity index is 488. The largest absolute Gasteiger partial charge is 0.468 e. The highest BCUT2D eigenvalue weighted by Gasteiger charge is 2.30. The van der Waals surface area contributed by atoms with Crippen molar-refractivity contribution < 1.29 is 8.94 Å². The van der Waals surface area contributed by atoms with Crippen LogP contribution in [0.1, 0.15) is 30.1 Å². The predicted octanol–water partition coefficient (Wildman–Crippen LogP) is 1.89. The molecule has 3 rings (SSSR count). The Morgan fingerprint density at radius 2 is 2.17 bits per heavy atom. The number of hydrogen-bond acceptors (Lipinski definition) is 5. The summed E-state index contributed by atoms with van der Waals surface area (Å²) in [5, 5.41) is 3.91. The maximum atomic E-state index is 5.52. The Morgan fingerprint density at radius 3 is 2.78 bits per heavy atom. The fourth-order valence-corrected chi connectivity index (χ4v) is 2.08. The molecule has 0 spiro atoms. The first-order valence-electron chi connectivity index (χ1n) is 6.26. The van der Waals surface area contributed by atoms with Gasteiger partial charge in [0.2, 0.25) is 0 Å². The molecule has 96 valence electrons. The maximum Gasteiger partial charge on any atom is 0.151 e. The van der Waals surface area contributed by atoms with Crippen LogP contribution in [0.4, 0.5) is 0 Å². The van der Waals surface area contributed by atoms with Crippen LogP contribution in [0.2, 0.25) is 0 Å². The fourth-order valence-electron chi connectivity index (χ4n) is 2.08. The number of hydrogen-bond donors (Lipinski definition) is 1. The predicted molar refractivity (Wildman–Crippen MR) is 65.4 cm³/mol. The summed E-state index contributed by atoms with van der Waals surface area (Å²) >= 11 is 0. The third kappa shape index (κ3) is 2.63. The summed E-state index contributed by atoms with van der Waals surface area (Å²) in [5.74, 6) is 1.86. The smallest absolute Gasteiger partial charge is 0.151 e. The molecule has 2 heterocycles. The lowest BCUT2D eigenvalue weighted by Gasteiger charge is -2.18. The second-order valence-corrected chi connectivity index (χ2v) is 4.70. The zero-order valence-electron chi connectivity index (χ0n) is 10.2. The van der Waals surface area contributed by atoms with Crippen LogP contribution in [-0.2, 0) is 19.6 Å². The third-order valence-corrected chi connectivity index (χ3v) is 3.18. The lowest BCUT2D eigenvalue weighted by molar-refractivity contribution is 0.199. The summed E-state index contributed by atoms with van der Waals surface area (Å²) < 4.78 is 10.7. The van der Waals surface area contributed by atoms with Crippen LogP contribution < -0.4 is 5.73 Å². The number of nitrogens with two attached hydrogens (primary N) is 1. The highest BCUT2D eigenvalue weighted by Crippen LogP contribution is 2.30. The number of furan rings is 1. The van der Waals surface area contributed by atoms with Gasteiger partial charge in [0.25, 0.3) is 0 Å². The van der Waals surface area contributed by atoms with E-state index in [1.165, 1.54) is 12.8 Å². The Labute approximate surface area is 106 Å². The van der Waals surface area contributed by atoms with Crippen molar-refractivity contribution in [3.8, 4) is 0 Å². The van der Waals surface area contributed by atoms with Crippen molar-refractivity contribution in [1.29, 1.82) is 0 Å². The highest BCUT2D eigenvalue weighted by atomic mass is 16.5. The molecule has 0 atom stereocenters. The van der Waals surface area contributed by atoms with E-state index in [1.54, 1.807) is 6.26 Å². The van der Waals surface area contributed by atoms with E-state index in [0.717, 1.165) is 30.3 Å². The van der Waals surface area contributed by atoms with Crippen molar-refractivity contribution in [2.24, 2.45) is 5.73 Å². The van der Waals surface area contributed by atoms with Crippen molar-refractivity contribution in [1.82, 2.24) is 10.1 Å². The minimum atomic E-state index is 0.422. The molecule has 0 bridgehead atoms. The standard InChI is InChI=1S/C13H17N3O2/c14-7-10-6-13(18-15-10)9-16(11-3-4-11)8-12-2-1-5-17-12/h1-2,5-6,11H,3-4,7-9,14H2. The van der Waals surface area contributed by atoms with E-state index < -0.39 is 0 Å². The summed E-state index contributed by atoms with van der Waals surface area (Å²) in [4.78, 5) is 2.36.